The maximum absolute atomic E-state index is 12.3. The Labute approximate surface area is 116 Å². The van der Waals surface area contributed by atoms with Gasteiger partial charge in [-0.25, -0.2) is 0 Å². The van der Waals surface area contributed by atoms with Crippen LogP contribution in [0, 0.1) is 10.1 Å². The molecule has 1 aliphatic carbocycles. The number of aliphatic hydroxyl groups excluding tert-OH is 1. The second kappa shape index (κ2) is 5.62. The van der Waals surface area contributed by atoms with Crippen LogP contribution in [0.3, 0.4) is 0 Å². The van der Waals surface area contributed by atoms with Crippen LogP contribution in [0.5, 0.6) is 0 Å². The number of amides is 1. The Kier molecular flexibility index (Phi) is 4.08. The largest absolute Gasteiger partial charge is 0.394 e. The first-order chi connectivity index (χ1) is 9.51. The number of carbonyl (C=O) groups is 1. The molecule has 1 fully saturated rings. The number of aromatic nitrogens is 1. The molecule has 1 amide bonds. The molecular weight excluding hydrogens is 262 g/mol. The summed E-state index contributed by atoms with van der Waals surface area (Å²) >= 11 is 0. The fourth-order valence-corrected chi connectivity index (χ4v) is 2.44. The van der Waals surface area contributed by atoms with E-state index in [1.54, 1.807) is 4.57 Å². The average molecular weight is 281 g/mol. The van der Waals surface area contributed by atoms with Gasteiger partial charge in [0.25, 0.3) is 11.6 Å². The molecule has 1 aliphatic rings. The van der Waals surface area contributed by atoms with Crippen molar-refractivity contribution in [2.24, 2.45) is 0 Å². The number of nitrogens with zero attached hydrogens (tertiary/aromatic N) is 2. The first-order valence-corrected chi connectivity index (χ1v) is 6.79. The van der Waals surface area contributed by atoms with E-state index in [0.29, 0.717) is 6.54 Å². The van der Waals surface area contributed by atoms with Gasteiger partial charge in [0.2, 0.25) is 0 Å². The van der Waals surface area contributed by atoms with E-state index in [-0.39, 0.29) is 23.9 Å². The maximum atomic E-state index is 12.3. The SMILES string of the molecule is CCCn1cc([N+](=O)[O-])cc1C(=O)NC1(CO)CCC1. The molecule has 2 rings (SSSR count). The van der Waals surface area contributed by atoms with Gasteiger partial charge >= 0.3 is 0 Å². The van der Waals surface area contributed by atoms with Crippen molar-refractivity contribution < 1.29 is 14.8 Å². The number of aliphatic hydroxyl groups is 1. The molecule has 1 aromatic heterocycles. The summed E-state index contributed by atoms with van der Waals surface area (Å²) < 4.78 is 1.59. The molecule has 0 saturated heterocycles. The van der Waals surface area contributed by atoms with Crippen LogP contribution in [0.15, 0.2) is 12.3 Å². The van der Waals surface area contributed by atoms with Crippen LogP contribution in [0.1, 0.15) is 43.1 Å². The van der Waals surface area contributed by atoms with Crippen molar-refractivity contribution in [1.29, 1.82) is 0 Å². The maximum Gasteiger partial charge on any atom is 0.287 e. The molecule has 2 N–H and O–H groups in total. The van der Waals surface area contributed by atoms with Gasteiger partial charge in [-0.2, -0.15) is 0 Å². The van der Waals surface area contributed by atoms with Crippen LogP contribution in [0.4, 0.5) is 5.69 Å². The molecule has 20 heavy (non-hydrogen) atoms. The standard InChI is InChI=1S/C13H19N3O4/c1-2-6-15-8-10(16(19)20)7-11(15)12(18)14-13(9-17)4-3-5-13/h7-8,17H,2-6,9H2,1H3,(H,14,18). The van der Waals surface area contributed by atoms with Crippen LogP contribution in [-0.2, 0) is 6.54 Å². The zero-order chi connectivity index (χ0) is 14.8. The first kappa shape index (κ1) is 14.5. The van der Waals surface area contributed by atoms with E-state index in [1.807, 2.05) is 6.92 Å². The molecule has 0 atom stereocenters. The predicted octanol–water partition coefficient (Wildman–Crippen LogP) is 1.45. The monoisotopic (exact) mass is 281 g/mol. The number of hydrogen-bond donors (Lipinski definition) is 2. The smallest absolute Gasteiger partial charge is 0.287 e. The van der Waals surface area contributed by atoms with Crippen LogP contribution in [-0.4, -0.2) is 32.6 Å². The quantitative estimate of drug-likeness (QED) is 0.609. The van der Waals surface area contributed by atoms with Gasteiger partial charge < -0.3 is 15.0 Å². The van der Waals surface area contributed by atoms with Crippen LogP contribution in [0.25, 0.3) is 0 Å². The molecular formula is C13H19N3O4. The van der Waals surface area contributed by atoms with E-state index in [0.717, 1.165) is 25.7 Å². The second-order valence-corrected chi connectivity index (χ2v) is 5.28. The van der Waals surface area contributed by atoms with Gasteiger partial charge in [0, 0.05) is 12.6 Å². The van der Waals surface area contributed by atoms with Crippen LogP contribution >= 0.6 is 0 Å². The Balaban J connectivity index is 2.21. The first-order valence-electron chi connectivity index (χ1n) is 6.79. The third kappa shape index (κ3) is 2.67. The highest BCUT2D eigenvalue weighted by molar-refractivity contribution is 5.94. The minimum atomic E-state index is -0.548. The summed E-state index contributed by atoms with van der Waals surface area (Å²) in [7, 11) is 0. The molecule has 110 valence electrons. The normalized spacial score (nSPS) is 16.5. The van der Waals surface area contributed by atoms with Gasteiger partial charge in [0.05, 0.1) is 23.3 Å². The van der Waals surface area contributed by atoms with Crippen molar-refractivity contribution in [2.75, 3.05) is 6.61 Å². The highest BCUT2D eigenvalue weighted by Gasteiger charge is 2.38. The number of carbonyl (C=O) groups excluding carboxylic acids is 1. The number of nitro groups is 1. The van der Waals surface area contributed by atoms with Crippen molar-refractivity contribution in [3.8, 4) is 0 Å². The highest BCUT2D eigenvalue weighted by atomic mass is 16.6. The van der Waals surface area contributed by atoms with Crippen molar-refractivity contribution in [1.82, 2.24) is 9.88 Å². The van der Waals surface area contributed by atoms with Gasteiger partial charge in [-0.3, -0.25) is 14.9 Å². The summed E-state index contributed by atoms with van der Waals surface area (Å²) in [6, 6.07) is 1.29. The van der Waals surface area contributed by atoms with Gasteiger partial charge in [-0.1, -0.05) is 6.92 Å². The van der Waals surface area contributed by atoms with Gasteiger partial charge in [-0.15, -0.1) is 0 Å². The number of aryl methyl sites for hydroxylation is 1. The zero-order valence-electron chi connectivity index (χ0n) is 11.5. The van der Waals surface area contributed by atoms with Crippen molar-refractivity contribution in [3.05, 3.63) is 28.1 Å². The topological polar surface area (TPSA) is 97.4 Å². The minimum Gasteiger partial charge on any atom is -0.394 e. The zero-order valence-corrected chi connectivity index (χ0v) is 11.5. The third-order valence-electron chi connectivity index (χ3n) is 3.78. The number of rotatable bonds is 6. The Morgan fingerprint density at radius 2 is 2.30 bits per heavy atom. The van der Waals surface area contributed by atoms with E-state index in [1.165, 1.54) is 12.3 Å². The predicted molar refractivity (Wildman–Crippen MR) is 72.5 cm³/mol. The molecule has 1 saturated carbocycles. The Hall–Kier alpha value is -1.89. The lowest BCUT2D eigenvalue weighted by Gasteiger charge is -2.40. The fraction of sp³-hybridized carbons (Fsp3) is 0.615. The molecule has 0 unspecified atom stereocenters. The number of nitrogens with one attached hydrogen (secondary N) is 1. The molecule has 7 nitrogen and oxygen atoms in total. The second-order valence-electron chi connectivity index (χ2n) is 5.28. The molecule has 1 aromatic rings. The Morgan fingerprint density at radius 1 is 1.60 bits per heavy atom. The van der Waals surface area contributed by atoms with E-state index in [2.05, 4.69) is 5.32 Å². The summed E-state index contributed by atoms with van der Waals surface area (Å²) in [5.41, 5.74) is -0.360. The van der Waals surface area contributed by atoms with E-state index in [9.17, 15) is 20.0 Å². The molecule has 0 spiro atoms. The fourth-order valence-electron chi connectivity index (χ4n) is 2.44. The lowest BCUT2D eigenvalue weighted by molar-refractivity contribution is -0.384. The van der Waals surface area contributed by atoms with E-state index >= 15 is 0 Å². The van der Waals surface area contributed by atoms with E-state index in [4.69, 9.17) is 0 Å². The van der Waals surface area contributed by atoms with Crippen molar-refractivity contribution in [3.63, 3.8) is 0 Å². The third-order valence-corrected chi connectivity index (χ3v) is 3.78. The van der Waals surface area contributed by atoms with Crippen LogP contribution < -0.4 is 5.32 Å². The molecule has 1 heterocycles. The summed E-state index contributed by atoms with van der Waals surface area (Å²) in [4.78, 5) is 22.6. The molecule has 0 radical (unpaired) electrons. The molecule has 0 aromatic carbocycles. The summed E-state index contributed by atoms with van der Waals surface area (Å²) in [6.07, 6.45) is 4.61. The Morgan fingerprint density at radius 3 is 2.75 bits per heavy atom. The van der Waals surface area contributed by atoms with Crippen LogP contribution in [0.2, 0.25) is 0 Å². The molecule has 0 aliphatic heterocycles. The summed E-state index contributed by atoms with van der Waals surface area (Å²) in [5, 5.41) is 23.0. The minimum absolute atomic E-state index is 0.0877. The number of hydrogen-bond acceptors (Lipinski definition) is 4. The van der Waals surface area contributed by atoms with Gasteiger partial charge in [0.15, 0.2) is 0 Å². The lowest BCUT2D eigenvalue weighted by Crippen LogP contribution is -2.56. The van der Waals surface area contributed by atoms with Crippen molar-refractivity contribution >= 4 is 11.6 Å². The average Bonchev–Trinajstić information content (AvgIpc) is 2.78. The van der Waals surface area contributed by atoms with E-state index < -0.39 is 10.5 Å². The van der Waals surface area contributed by atoms with Gasteiger partial charge in [0.1, 0.15) is 5.69 Å². The highest BCUT2D eigenvalue weighted by Crippen LogP contribution is 2.31. The molecule has 0 bridgehead atoms. The lowest BCUT2D eigenvalue weighted by atomic mass is 9.77. The Bertz CT molecular complexity index is 514. The van der Waals surface area contributed by atoms with Gasteiger partial charge in [-0.05, 0) is 25.7 Å². The summed E-state index contributed by atoms with van der Waals surface area (Å²) in [6.45, 7) is 2.38. The van der Waals surface area contributed by atoms with Crippen molar-refractivity contribution in [2.45, 2.75) is 44.7 Å². The molecule has 7 heteroatoms. The summed E-state index contributed by atoms with van der Waals surface area (Å²) in [5.74, 6) is -0.361.